The highest BCUT2D eigenvalue weighted by atomic mass is 16.6. The summed E-state index contributed by atoms with van der Waals surface area (Å²) in [6.07, 6.45) is 91.0. The van der Waals surface area contributed by atoms with Crippen LogP contribution in [0.2, 0.25) is 0 Å². The lowest BCUT2D eigenvalue weighted by atomic mass is 10.0. The van der Waals surface area contributed by atoms with Crippen LogP contribution in [0.4, 0.5) is 0 Å². The summed E-state index contributed by atoms with van der Waals surface area (Å²) in [7, 11) is 0. The molecule has 0 N–H and O–H groups in total. The third-order valence-electron chi connectivity index (χ3n) is 16.2. The summed E-state index contributed by atoms with van der Waals surface area (Å²) in [5.41, 5.74) is 0. The van der Waals surface area contributed by atoms with Crippen LogP contribution in [0, 0.1) is 0 Å². The molecule has 0 aromatic carbocycles. The molecule has 0 aliphatic rings. The van der Waals surface area contributed by atoms with Crippen molar-refractivity contribution < 1.29 is 28.6 Å². The van der Waals surface area contributed by atoms with Crippen molar-refractivity contribution in [3.63, 3.8) is 0 Å². The van der Waals surface area contributed by atoms with Gasteiger partial charge in [-0.1, -0.05) is 338 Å². The van der Waals surface area contributed by atoms with Crippen molar-refractivity contribution in [2.45, 2.75) is 393 Å². The van der Waals surface area contributed by atoms with Gasteiger partial charge in [-0.3, -0.25) is 14.4 Å². The average molecular weight is 1150 g/mol. The first kappa shape index (κ1) is 79.1. The highest BCUT2D eigenvalue weighted by Gasteiger charge is 2.19. The number of carbonyl (C=O) groups excluding carboxylic acids is 3. The third kappa shape index (κ3) is 67.9. The normalized spacial score (nSPS) is 12.4. The predicted molar refractivity (Wildman–Crippen MR) is 358 cm³/mol. The van der Waals surface area contributed by atoms with E-state index >= 15 is 0 Å². The zero-order valence-corrected chi connectivity index (χ0v) is 55.0. The predicted octanol–water partition coefficient (Wildman–Crippen LogP) is 25.1. The smallest absolute Gasteiger partial charge is 0.306 e. The van der Waals surface area contributed by atoms with Crippen molar-refractivity contribution in [2.24, 2.45) is 0 Å². The molecule has 0 fully saturated rings. The van der Waals surface area contributed by atoms with Crippen LogP contribution in [0.5, 0.6) is 0 Å². The number of hydrogen-bond donors (Lipinski definition) is 0. The highest BCUT2D eigenvalue weighted by molar-refractivity contribution is 5.71. The Hall–Kier alpha value is -2.89. The number of esters is 3. The SMILES string of the molecule is CCCCCC/C=C\C/C=C\CCCCCCCC(=O)OCC(COC(=O)CCCCCCCCCCCC/C=C\C/C=C\C/C=C\CCCCCCC)OC(=O)CCCCCCCCCCCCCCCCCCCCCCCCC. The summed E-state index contributed by atoms with van der Waals surface area (Å²) in [5, 5.41) is 0. The molecule has 0 saturated heterocycles. The second-order valence-electron chi connectivity index (χ2n) is 24.5. The number of allylic oxidation sites excluding steroid dienone is 10. The first-order valence-electron chi connectivity index (χ1n) is 36.3. The molecule has 0 rings (SSSR count). The average Bonchev–Trinajstić information content (AvgIpc) is 3.48. The van der Waals surface area contributed by atoms with Crippen LogP contribution in [-0.4, -0.2) is 37.2 Å². The summed E-state index contributed by atoms with van der Waals surface area (Å²) < 4.78 is 17.0. The maximum atomic E-state index is 13.0. The Bertz CT molecular complexity index is 1460. The molecule has 0 amide bonds. The van der Waals surface area contributed by atoms with Crippen LogP contribution < -0.4 is 0 Å². The molecule has 6 nitrogen and oxygen atoms in total. The van der Waals surface area contributed by atoms with E-state index in [0.717, 1.165) is 89.9 Å². The Morgan fingerprint density at radius 3 is 0.695 bits per heavy atom. The fourth-order valence-corrected chi connectivity index (χ4v) is 10.8. The molecule has 0 radical (unpaired) electrons. The van der Waals surface area contributed by atoms with E-state index in [-0.39, 0.29) is 31.1 Å². The number of unbranched alkanes of at least 4 members (excludes halogenated alkanes) is 46. The lowest BCUT2D eigenvalue weighted by Gasteiger charge is -2.18. The van der Waals surface area contributed by atoms with Gasteiger partial charge >= 0.3 is 17.9 Å². The second kappa shape index (κ2) is 70.6. The molecule has 0 aromatic rings. The molecule has 478 valence electrons. The maximum absolute atomic E-state index is 13.0. The fraction of sp³-hybridized carbons (Fsp3) is 0.829. The third-order valence-corrected chi connectivity index (χ3v) is 16.2. The van der Waals surface area contributed by atoms with Crippen LogP contribution in [0.15, 0.2) is 60.8 Å². The van der Waals surface area contributed by atoms with E-state index in [1.807, 2.05) is 0 Å². The van der Waals surface area contributed by atoms with Crippen LogP contribution in [0.25, 0.3) is 0 Å². The van der Waals surface area contributed by atoms with E-state index in [4.69, 9.17) is 14.2 Å². The Labute approximate surface area is 510 Å². The van der Waals surface area contributed by atoms with Gasteiger partial charge in [-0.25, -0.2) is 0 Å². The molecule has 1 atom stereocenters. The van der Waals surface area contributed by atoms with Crippen molar-refractivity contribution in [3.05, 3.63) is 60.8 Å². The quantitative estimate of drug-likeness (QED) is 0.0261. The summed E-state index contributed by atoms with van der Waals surface area (Å²) in [6.45, 7) is 6.66. The van der Waals surface area contributed by atoms with E-state index in [9.17, 15) is 14.4 Å². The zero-order valence-electron chi connectivity index (χ0n) is 55.0. The van der Waals surface area contributed by atoms with Gasteiger partial charge in [0.15, 0.2) is 6.10 Å². The number of rotatable bonds is 67. The molecule has 0 spiro atoms. The van der Waals surface area contributed by atoms with E-state index in [1.165, 1.54) is 257 Å². The Balaban J connectivity index is 4.32. The molecule has 0 saturated carbocycles. The van der Waals surface area contributed by atoms with Crippen LogP contribution in [0.3, 0.4) is 0 Å². The lowest BCUT2D eigenvalue weighted by Crippen LogP contribution is -2.30. The summed E-state index contributed by atoms with van der Waals surface area (Å²) >= 11 is 0. The minimum absolute atomic E-state index is 0.0773. The molecular formula is C76H138O6. The number of hydrogen-bond acceptors (Lipinski definition) is 6. The standard InChI is InChI=1S/C76H138O6/c1-4-7-10-13-16-19-22-25-28-31-33-35-37-38-40-41-43-45-48-51-54-57-60-63-66-69-75(78)81-72-73(71-80-74(77)68-65-62-59-56-53-50-47-30-27-24-21-18-15-12-9-6-3)82-76(79)70-67-64-61-58-55-52-49-46-44-42-39-36-34-32-29-26-23-20-17-14-11-8-5-2/h21-22,24-25,30-31,33,37-38,47,73H,4-20,23,26-29,32,34-36,39-46,48-72H2,1-3H3/b24-21-,25-22-,33-31-,38-37-,47-30-. The fourth-order valence-electron chi connectivity index (χ4n) is 10.8. The monoisotopic (exact) mass is 1150 g/mol. The molecule has 0 bridgehead atoms. The van der Waals surface area contributed by atoms with Crippen molar-refractivity contribution in [3.8, 4) is 0 Å². The second-order valence-corrected chi connectivity index (χ2v) is 24.5. The van der Waals surface area contributed by atoms with Crippen molar-refractivity contribution >= 4 is 17.9 Å². The van der Waals surface area contributed by atoms with Gasteiger partial charge in [-0.05, 0) is 89.9 Å². The van der Waals surface area contributed by atoms with Gasteiger partial charge in [0.05, 0.1) is 0 Å². The van der Waals surface area contributed by atoms with Crippen LogP contribution in [-0.2, 0) is 28.6 Å². The molecule has 0 aliphatic heterocycles. The summed E-state index contributed by atoms with van der Waals surface area (Å²) in [5.74, 6) is -0.869. The molecule has 6 heteroatoms. The highest BCUT2D eigenvalue weighted by Crippen LogP contribution is 2.18. The van der Waals surface area contributed by atoms with Crippen molar-refractivity contribution in [1.29, 1.82) is 0 Å². The Kier molecular flexibility index (Phi) is 68.1. The molecule has 0 aromatic heterocycles. The van der Waals surface area contributed by atoms with Gasteiger partial charge in [0.2, 0.25) is 0 Å². The molecular weight excluding hydrogens is 1010 g/mol. The van der Waals surface area contributed by atoms with Gasteiger partial charge in [-0.15, -0.1) is 0 Å². The van der Waals surface area contributed by atoms with Crippen LogP contribution >= 0.6 is 0 Å². The van der Waals surface area contributed by atoms with Crippen molar-refractivity contribution in [2.75, 3.05) is 13.2 Å². The van der Waals surface area contributed by atoms with Gasteiger partial charge in [-0.2, -0.15) is 0 Å². The van der Waals surface area contributed by atoms with E-state index < -0.39 is 6.10 Å². The van der Waals surface area contributed by atoms with Crippen LogP contribution in [0.1, 0.15) is 387 Å². The Morgan fingerprint density at radius 1 is 0.244 bits per heavy atom. The van der Waals surface area contributed by atoms with Gasteiger partial charge < -0.3 is 14.2 Å². The molecule has 1 unspecified atom stereocenters. The first-order chi connectivity index (χ1) is 40.5. The summed E-state index contributed by atoms with van der Waals surface area (Å²) in [6, 6.07) is 0. The van der Waals surface area contributed by atoms with Gasteiger partial charge in [0, 0.05) is 19.3 Å². The molecule has 0 heterocycles. The molecule has 0 aliphatic carbocycles. The minimum atomic E-state index is -0.782. The Morgan fingerprint density at radius 2 is 0.439 bits per heavy atom. The van der Waals surface area contributed by atoms with Crippen molar-refractivity contribution in [1.82, 2.24) is 0 Å². The maximum Gasteiger partial charge on any atom is 0.306 e. The van der Waals surface area contributed by atoms with E-state index in [2.05, 4.69) is 81.5 Å². The lowest BCUT2D eigenvalue weighted by molar-refractivity contribution is -0.167. The first-order valence-corrected chi connectivity index (χ1v) is 36.3. The largest absolute Gasteiger partial charge is 0.462 e. The van der Waals surface area contributed by atoms with Gasteiger partial charge in [0.25, 0.3) is 0 Å². The van der Waals surface area contributed by atoms with E-state index in [1.54, 1.807) is 0 Å². The molecule has 82 heavy (non-hydrogen) atoms. The number of ether oxygens (including phenoxy) is 3. The zero-order chi connectivity index (χ0) is 59.2. The van der Waals surface area contributed by atoms with E-state index in [0.29, 0.717) is 19.3 Å². The van der Waals surface area contributed by atoms with Gasteiger partial charge in [0.1, 0.15) is 13.2 Å². The minimum Gasteiger partial charge on any atom is -0.462 e. The summed E-state index contributed by atoms with van der Waals surface area (Å²) in [4.78, 5) is 38.5. The topological polar surface area (TPSA) is 78.9 Å². The number of carbonyl (C=O) groups is 3.